The predicted octanol–water partition coefficient (Wildman–Crippen LogP) is 0.0626. The Balaban J connectivity index is 3.13. The fourth-order valence-corrected chi connectivity index (χ4v) is 0.824. The van der Waals surface area contributed by atoms with Gasteiger partial charge >= 0.3 is 56.9 Å². The van der Waals surface area contributed by atoms with Crippen LogP contribution in [-0.2, 0) is 0 Å². The Hall–Kier alpha value is -0.422. The number of anilines is 1. The normalized spacial score (nSPS) is 9.12. The molecule has 0 fully saturated rings. The molecular formula is C6H6AsN. The quantitative estimate of drug-likeness (QED) is 0.429. The summed E-state index contributed by atoms with van der Waals surface area (Å²) in [4.78, 5) is 0. The third-order valence-electron chi connectivity index (χ3n) is 0.937. The number of nitrogens with two attached hydrogens (primary N) is 1. The molecule has 8 heavy (non-hydrogen) atoms. The molecule has 40 valence electrons. The van der Waals surface area contributed by atoms with Crippen LogP contribution in [0.1, 0.15) is 0 Å². The number of benzene rings is 1. The first-order chi connectivity index (χ1) is 3.80. The zero-order chi connectivity index (χ0) is 5.98. The van der Waals surface area contributed by atoms with Gasteiger partial charge in [0.1, 0.15) is 0 Å². The van der Waals surface area contributed by atoms with Gasteiger partial charge in [-0.2, -0.15) is 0 Å². The summed E-state index contributed by atoms with van der Waals surface area (Å²) < 4.78 is 1.08. The molecule has 0 aliphatic rings. The van der Waals surface area contributed by atoms with E-state index in [-0.39, 0.29) is 0 Å². The molecule has 0 saturated carbocycles. The predicted molar refractivity (Wildman–Crippen MR) is 36.2 cm³/mol. The number of hydrogen-bond acceptors (Lipinski definition) is 1. The van der Waals surface area contributed by atoms with Gasteiger partial charge < -0.3 is 0 Å². The maximum absolute atomic E-state index is 5.50. The van der Waals surface area contributed by atoms with Crippen molar-refractivity contribution in [1.82, 2.24) is 0 Å². The molecule has 2 heteroatoms. The van der Waals surface area contributed by atoms with Gasteiger partial charge in [0.05, 0.1) is 0 Å². The summed E-state index contributed by atoms with van der Waals surface area (Å²) >= 11 is 2.42. The third kappa shape index (κ3) is 1.04. The monoisotopic (exact) mass is 167 g/mol. The van der Waals surface area contributed by atoms with Crippen LogP contribution in [-0.4, -0.2) is 16.9 Å². The summed E-state index contributed by atoms with van der Waals surface area (Å²) in [5, 5.41) is 0. The van der Waals surface area contributed by atoms with Gasteiger partial charge in [0.2, 0.25) is 0 Å². The molecule has 1 aromatic rings. The molecule has 0 amide bonds. The Morgan fingerprint density at radius 3 is 2.25 bits per heavy atom. The SMILES string of the molecule is Nc1ccccc1[As]. The fraction of sp³-hybridized carbons (Fsp3) is 0. The molecule has 1 nitrogen and oxygen atoms in total. The molecule has 0 aliphatic carbocycles. The zero-order valence-corrected chi connectivity index (χ0v) is 6.21. The second-order valence-corrected chi connectivity index (χ2v) is 2.57. The van der Waals surface area contributed by atoms with Gasteiger partial charge in [0.25, 0.3) is 0 Å². The van der Waals surface area contributed by atoms with Crippen LogP contribution in [0.2, 0.25) is 0 Å². The Labute approximate surface area is 57.4 Å². The van der Waals surface area contributed by atoms with Gasteiger partial charge in [0.15, 0.2) is 0 Å². The van der Waals surface area contributed by atoms with Crippen molar-refractivity contribution in [3.05, 3.63) is 24.3 Å². The van der Waals surface area contributed by atoms with E-state index in [0.29, 0.717) is 0 Å². The van der Waals surface area contributed by atoms with Crippen LogP contribution in [0.25, 0.3) is 0 Å². The second-order valence-electron chi connectivity index (χ2n) is 1.56. The molecule has 0 aromatic heterocycles. The molecule has 0 aliphatic heterocycles. The average molecular weight is 167 g/mol. The Morgan fingerprint density at radius 2 is 1.88 bits per heavy atom. The summed E-state index contributed by atoms with van der Waals surface area (Å²) in [5.74, 6) is 0. The Morgan fingerprint density at radius 1 is 1.25 bits per heavy atom. The first-order valence-electron chi connectivity index (χ1n) is 2.34. The number of nitrogen functional groups attached to an aromatic ring is 1. The summed E-state index contributed by atoms with van der Waals surface area (Å²) in [5.41, 5.74) is 6.34. The van der Waals surface area contributed by atoms with Gasteiger partial charge in [-0.1, -0.05) is 0 Å². The third-order valence-corrected chi connectivity index (χ3v) is 1.79. The molecule has 0 bridgehead atoms. The van der Waals surface area contributed by atoms with E-state index in [1.807, 2.05) is 24.3 Å². The fourth-order valence-electron chi connectivity index (χ4n) is 0.488. The van der Waals surface area contributed by atoms with E-state index in [2.05, 4.69) is 16.9 Å². The second kappa shape index (κ2) is 2.23. The van der Waals surface area contributed by atoms with Crippen molar-refractivity contribution in [2.45, 2.75) is 0 Å². The van der Waals surface area contributed by atoms with E-state index in [1.165, 1.54) is 0 Å². The topological polar surface area (TPSA) is 26.0 Å². The summed E-state index contributed by atoms with van der Waals surface area (Å²) in [7, 11) is 0. The van der Waals surface area contributed by atoms with E-state index in [0.717, 1.165) is 10.0 Å². The van der Waals surface area contributed by atoms with Crippen molar-refractivity contribution in [3.8, 4) is 0 Å². The first kappa shape index (κ1) is 5.71. The van der Waals surface area contributed by atoms with E-state index in [1.54, 1.807) is 0 Å². The van der Waals surface area contributed by atoms with E-state index >= 15 is 0 Å². The molecule has 0 heterocycles. The maximum atomic E-state index is 5.50. The van der Waals surface area contributed by atoms with Crippen LogP contribution in [0, 0.1) is 0 Å². The van der Waals surface area contributed by atoms with Gasteiger partial charge in [-0.15, -0.1) is 0 Å². The molecule has 1 aromatic carbocycles. The standard InChI is InChI=1S/C6H6AsN/c7-5-3-1-2-4-6(5)8/h1-4H,8H2. The molecule has 2 radical (unpaired) electrons. The van der Waals surface area contributed by atoms with Crippen LogP contribution < -0.4 is 10.1 Å². The summed E-state index contributed by atoms with van der Waals surface area (Å²) in [6.07, 6.45) is 0. The first-order valence-corrected chi connectivity index (χ1v) is 3.28. The van der Waals surface area contributed by atoms with Crippen molar-refractivity contribution in [2.75, 3.05) is 5.73 Å². The van der Waals surface area contributed by atoms with Gasteiger partial charge in [-0.05, 0) is 0 Å². The molecule has 0 saturated heterocycles. The molecule has 2 N–H and O–H groups in total. The average Bonchev–Trinajstić information content (AvgIpc) is 1.77. The van der Waals surface area contributed by atoms with E-state index in [9.17, 15) is 0 Å². The molecule has 0 atom stereocenters. The van der Waals surface area contributed by atoms with Gasteiger partial charge in [0, 0.05) is 0 Å². The van der Waals surface area contributed by atoms with Crippen molar-refractivity contribution in [2.24, 2.45) is 0 Å². The van der Waals surface area contributed by atoms with Crippen LogP contribution in [0.3, 0.4) is 0 Å². The van der Waals surface area contributed by atoms with E-state index in [4.69, 9.17) is 5.73 Å². The van der Waals surface area contributed by atoms with Crippen molar-refractivity contribution < 1.29 is 0 Å². The minimum atomic E-state index is 0.840. The number of rotatable bonds is 0. The van der Waals surface area contributed by atoms with Crippen molar-refractivity contribution >= 4 is 26.9 Å². The number of hydrogen-bond donors (Lipinski definition) is 1. The van der Waals surface area contributed by atoms with Crippen LogP contribution in [0.4, 0.5) is 5.69 Å². The summed E-state index contributed by atoms with van der Waals surface area (Å²) in [6.45, 7) is 0. The van der Waals surface area contributed by atoms with Crippen LogP contribution in [0.5, 0.6) is 0 Å². The number of para-hydroxylation sites is 1. The van der Waals surface area contributed by atoms with Gasteiger partial charge in [-0.25, -0.2) is 0 Å². The molecular weight excluding hydrogens is 161 g/mol. The molecule has 0 unspecified atom stereocenters. The molecule has 1 rings (SSSR count). The van der Waals surface area contributed by atoms with Crippen LogP contribution >= 0.6 is 0 Å². The van der Waals surface area contributed by atoms with Crippen LogP contribution in [0.15, 0.2) is 24.3 Å². The summed E-state index contributed by atoms with van der Waals surface area (Å²) in [6, 6.07) is 7.74. The zero-order valence-electron chi connectivity index (χ0n) is 4.33. The van der Waals surface area contributed by atoms with E-state index < -0.39 is 0 Å². The van der Waals surface area contributed by atoms with Gasteiger partial charge in [-0.3, -0.25) is 0 Å². The van der Waals surface area contributed by atoms with Crippen molar-refractivity contribution in [1.29, 1.82) is 0 Å². The van der Waals surface area contributed by atoms with Crippen molar-refractivity contribution in [3.63, 3.8) is 0 Å². The molecule has 0 spiro atoms. The minimum absolute atomic E-state index is 0.840. The Bertz CT molecular complexity index is 165. The Kier molecular flexibility index (Phi) is 1.59.